The third-order valence-corrected chi connectivity index (χ3v) is 3.11. The van der Waals surface area contributed by atoms with E-state index in [0.717, 1.165) is 13.1 Å². The normalized spacial score (nSPS) is 24.9. The topological polar surface area (TPSA) is 46.3 Å². The maximum Gasteiger partial charge on any atom is 0.231 e. The minimum Gasteiger partial charge on any atom is -0.369 e. The summed E-state index contributed by atoms with van der Waals surface area (Å²) in [6.45, 7) is 9.27. The summed E-state index contributed by atoms with van der Waals surface area (Å²) in [6.07, 6.45) is 2.47. The van der Waals surface area contributed by atoms with Crippen molar-refractivity contribution < 1.29 is 4.79 Å². The predicted molar refractivity (Wildman–Crippen MR) is 57.8 cm³/mol. The molecular weight excluding hydrogens is 176 g/mol. The summed E-state index contributed by atoms with van der Waals surface area (Å²) >= 11 is 0. The molecule has 0 saturated carbocycles. The second-order valence-electron chi connectivity index (χ2n) is 5.41. The number of primary amides is 1. The highest BCUT2D eigenvalue weighted by Crippen LogP contribution is 2.32. The van der Waals surface area contributed by atoms with Crippen molar-refractivity contribution in [2.45, 2.75) is 33.6 Å². The lowest BCUT2D eigenvalue weighted by molar-refractivity contribution is -0.119. The molecule has 1 aliphatic rings. The van der Waals surface area contributed by atoms with Gasteiger partial charge in [0.25, 0.3) is 0 Å². The molecule has 1 fully saturated rings. The van der Waals surface area contributed by atoms with Gasteiger partial charge < -0.3 is 5.73 Å². The number of rotatable bonds is 2. The predicted octanol–water partition coefficient (Wildman–Crippen LogP) is 1.23. The standard InChI is InChI=1S/C11H22N2O/c1-11(2,3)9-5-4-6-13(7-9)8-10(12)14/h9H,4-8H2,1-3H3,(H2,12,14). The molecule has 1 atom stereocenters. The Bertz CT molecular complexity index is 208. The van der Waals surface area contributed by atoms with E-state index < -0.39 is 0 Å². The number of likely N-dealkylation sites (tertiary alicyclic amines) is 1. The highest BCUT2D eigenvalue weighted by Gasteiger charge is 2.29. The van der Waals surface area contributed by atoms with Gasteiger partial charge in [-0.15, -0.1) is 0 Å². The number of carbonyl (C=O) groups is 1. The molecule has 1 unspecified atom stereocenters. The van der Waals surface area contributed by atoms with Gasteiger partial charge in [0.15, 0.2) is 0 Å². The third kappa shape index (κ3) is 3.29. The summed E-state index contributed by atoms with van der Waals surface area (Å²) in [4.78, 5) is 13.0. The molecule has 0 aliphatic carbocycles. The van der Waals surface area contributed by atoms with Gasteiger partial charge in [0.1, 0.15) is 0 Å². The summed E-state index contributed by atoms with van der Waals surface area (Å²) in [5.41, 5.74) is 5.54. The molecule has 14 heavy (non-hydrogen) atoms. The van der Waals surface area contributed by atoms with Gasteiger partial charge in [0.2, 0.25) is 5.91 Å². The smallest absolute Gasteiger partial charge is 0.231 e. The molecule has 0 spiro atoms. The summed E-state index contributed by atoms with van der Waals surface area (Å²) in [5, 5.41) is 0. The Kier molecular flexibility index (Phi) is 3.53. The van der Waals surface area contributed by atoms with Crippen LogP contribution >= 0.6 is 0 Å². The summed E-state index contributed by atoms with van der Waals surface area (Å²) < 4.78 is 0. The van der Waals surface area contributed by atoms with Gasteiger partial charge in [-0.3, -0.25) is 9.69 Å². The van der Waals surface area contributed by atoms with Crippen LogP contribution in [0.2, 0.25) is 0 Å². The molecule has 0 bridgehead atoms. The van der Waals surface area contributed by atoms with E-state index >= 15 is 0 Å². The van der Waals surface area contributed by atoms with E-state index in [0.29, 0.717) is 17.9 Å². The fraction of sp³-hybridized carbons (Fsp3) is 0.909. The van der Waals surface area contributed by atoms with Crippen molar-refractivity contribution in [1.29, 1.82) is 0 Å². The van der Waals surface area contributed by atoms with Gasteiger partial charge >= 0.3 is 0 Å². The average Bonchev–Trinajstić information content (AvgIpc) is 2.01. The van der Waals surface area contributed by atoms with Crippen LogP contribution in [0.25, 0.3) is 0 Å². The Morgan fingerprint density at radius 3 is 2.64 bits per heavy atom. The van der Waals surface area contributed by atoms with Crippen LogP contribution in [-0.4, -0.2) is 30.4 Å². The molecule has 1 amide bonds. The number of nitrogens with zero attached hydrogens (tertiary/aromatic N) is 1. The summed E-state index contributed by atoms with van der Waals surface area (Å²) in [7, 11) is 0. The fourth-order valence-electron chi connectivity index (χ4n) is 2.13. The molecule has 3 nitrogen and oxygen atoms in total. The number of hydrogen-bond donors (Lipinski definition) is 1. The Balaban J connectivity index is 2.48. The lowest BCUT2D eigenvalue weighted by Crippen LogP contribution is -2.44. The summed E-state index contributed by atoms with van der Waals surface area (Å²) in [6, 6.07) is 0. The maximum absolute atomic E-state index is 10.8. The molecule has 2 N–H and O–H groups in total. The van der Waals surface area contributed by atoms with E-state index in [4.69, 9.17) is 5.73 Å². The van der Waals surface area contributed by atoms with E-state index in [1.165, 1.54) is 12.8 Å². The lowest BCUT2D eigenvalue weighted by atomic mass is 9.76. The van der Waals surface area contributed by atoms with E-state index in [1.807, 2.05) is 0 Å². The number of piperidine rings is 1. The first-order valence-corrected chi connectivity index (χ1v) is 5.40. The first-order valence-electron chi connectivity index (χ1n) is 5.40. The van der Waals surface area contributed by atoms with Crippen LogP contribution in [0.15, 0.2) is 0 Å². The largest absolute Gasteiger partial charge is 0.369 e. The molecule has 1 rings (SSSR count). The Hall–Kier alpha value is -0.570. The van der Waals surface area contributed by atoms with E-state index in [-0.39, 0.29) is 5.91 Å². The van der Waals surface area contributed by atoms with E-state index in [9.17, 15) is 4.79 Å². The van der Waals surface area contributed by atoms with Crippen molar-refractivity contribution in [1.82, 2.24) is 4.90 Å². The molecule has 1 aliphatic heterocycles. The van der Waals surface area contributed by atoms with Gasteiger partial charge in [0.05, 0.1) is 6.54 Å². The Morgan fingerprint density at radius 2 is 2.14 bits per heavy atom. The SMILES string of the molecule is CC(C)(C)C1CCCN(CC(N)=O)C1. The van der Waals surface area contributed by atoms with Gasteiger partial charge in [-0.05, 0) is 30.7 Å². The second kappa shape index (κ2) is 4.30. The van der Waals surface area contributed by atoms with E-state index in [1.54, 1.807) is 0 Å². The monoisotopic (exact) mass is 198 g/mol. The molecule has 1 saturated heterocycles. The minimum absolute atomic E-state index is 0.209. The first-order chi connectivity index (χ1) is 6.39. The maximum atomic E-state index is 10.8. The van der Waals surface area contributed by atoms with Crippen LogP contribution in [0.1, 0.15) is 33.6 Å². The number of amides is 1. The Labute approximate surface area is 86.6 Å². The van der Waals surface area contributed by atoms with Gasteiger partial charge in [-0.25, -0.2) is 0 Å². The van der Waals surface area contributed by atoms with Crippen molar-refractivity contribution in [2.24, 2.45) is 17.1 Å². The summed E-state index contributed by atoms with van der Waals surface area (Å²) in [5.74, 6) is 0.482. The van der Waals surface area contributed by atoms with Crippen molar-refractivity contribution in [3.05, 3.63) is 0 Å². The number of carbonyl (C=O) groups excluding carboxylic acids is 1. The average molecular weight is 198 g/mol. The van der Waals surface area contributed by atoms with Crippen LogP contribution in [0.3, 0.4) is 0 Å². The quantitative estimate of drug-likeness (QED) is 0.725. The molecule has 3 heteroatoms. The van der Waals surface area contributed by atoms with Crippen LogP contribution in [-0.2, 0) is 4.79 Å². The highest BCUT2D eigenvalue weighted by atomic mass is 16.1. The molecule has 0 aromatic rings. The molecular formula is C11H22N2O. The number of hydrogen-bond acceptors (Lipinski definition) is 2. The number of nitrogens with two attached hydrogens (primary N) is 1. The molecule has 0 aromatic heterocycles. The van der Waals surface area contributed by atoms with Crippen LogP contribution < -0.4 is 5.73 Å². The Morgan fingerprint density at radius 1 is 1.50 bits per heavy atom. The molecule has 0 aromatic carbocycles. The molecule has 82 valence electrons. The van der Waals surface area contributed by atoms with E-state index in [2.05, 4.69) is 25.7 Å². The third-order valence-electron chi connectivity index (χ3n) is 3.11. The van der Waals surface area contributed by atoms with Crippen LogP contribution in [0.4, 0.5) is 0 Å². The molecule has 1 heterocycles. The highest BCUT2D eigenvalue weighted by molar-refractivity contribution is 5.75. The molecule has 0 radical (unpaired) electrons. The zero-order valence-corrected chi connectivity index (χ0v) is 9.55. The zero-order valence-electron chi connectivity index (χ0n) is 9.55. The van der Waals surface area contributed by atoms with Crippen molar-refractivity contribution >= 4 is 5.91 Å². The van der Waals surface area contributed by atoms with Crippen molar-refractivity contribution in [3.63, 3.8) is 0 Å². The fourth-order valence-corrected chi connectivity index (χ4v) is 2.13. The first kappa shape index (κ1) is 11.5. The lowest BCUT2D eigenvalue weighted by Gasteiger charge is -2.39. The van der Waals surface area contributed by atoms with Gasteiger partial charge in [-0.1, -0.05) is 20.8 Å². The van der Waals surface area contributed by atoms with Gasteiger partial charge in [-0.2, -0.15) is 0 Å². The van der Waals surface area contributed by atoms with Crippen molar-refractivity contribution in [2.75, 3.05) is 19.6 Å². The zero-order chi connectivity index (χ0) is 10.8. The van der Waals surface area contributed by atoms with Gasteiger partial charge in [0, 0.05) is 6.54 Å². The second-order valence-corrected chi connectivity index (χ2v) is 5.41. The minimum atomic E-state index is -0.209. The van der Waals surface area contributed by atoms with Crippen LogP contribution in [0.5, 0.6) is 0 Å². The van der Waals surface area contributed by atoms with Crippen molar-refractivity contribution in [3.8, 4) is 0 Å². The van der Waals surface area contributed by atoms with Crippen LogP contribution in [0, 0.1) is 11.3 Å².